The van der Waals surface area contributed by atoms with E-state index in [9.17, 15) is 13.2 Å². The summed E-state index contributed by atoms with van der Waals surface area (Å²) >= 11 is 7.93. The van der Waals surface area contributed by atoms with Gasteiger partial charge in [-0.2, -0.15) is 0 Å². The van der Waals surface area contributed by atoms with Crippen LogP contribution in [0.1, 0.15) is 16.7 Å². The topological polar surface area (TPSA) is 79.4 Å². The van der Waals surface area contributed by atoms with Crippen molar-refractivity contribution in [2.45, 2.75) is 25.7 Å². The van der Waals surface area contributed by atoms with Gasteiger partial charge in [0.1, 0.15) is 11.6 Å². The number of rotatable bonds is 7. The SMILES string of the molecule is Cc1ccc(S(=O)(=O)N(CC(=O)Nc2ccc(-c3nc4ccc(C)cc4s3)cc2)c2cccc(Cl)c2C)cc1. The Bertz CT molecular complexity index is 1780. The van der Waals surface area contributed by atoms with Crippen LogP contribution in [0.25, 0.3) is 20.8 Å². The molecule has 5 aromatic rings. The van der Waals surface area contributed by atoms with E-state index in [1.165, 1.54) is 17.7 Å². The van der Waals surface area contributed by atoms with Crippen molar-refractivity contribution in [3.05, 3.63) is 107 Å². The van der Waals surface area contributed by atoms with E-state index in [4.69, 9.17) is 16.6 Å². The number of thiazole rings is 1. The summed E-state index contributed by atoms with van der Waals surface area (Å²) in [4.78, 5) is 18.0. The van der Waals surface area contributed by atoms with E-state index >= 15 is 0 Å². The second kappa shape index (κ2) is 10.8. The number of sulfonamides is 1. The smallest absolute Gasteiger partial charge is 0.264 e. The standard InChI is InChI=1S/C30H26ClN3O3S2/c1-19-7-14-24(15-8-19)39(36,37)34(27-6-4-5-25(31)21(27)3)18-29(35)32-23-12-10-22(11-13-23)30-33-26-16-9-20(2)17-28(26)38-30/h4-17H,18H2,1-3H3,(H,32,35). The summed E-state index contributed by atoms with van der Waals surface area (Å²) in [5, 5.41) is 4.13. The van der Waals surface area contributed by atoms with Crippen molar-refractivity contribution in [1.29, 1.82) is 0 Å². The average Bonchev–Trinajstić information content (AvgIpc) is 3.33. The molecular weight excluding hydrogens is 550 g/mol. The summed E-state index contributed by atoms with van der Waals surface area (Å²) in [6.07, 6.45) is 0. The van der Waals surface area contributed by atoms with E-state index in [0.717, 1.165) is 30.7 Å². The Labute approximate surface area is 237 Å². The molecular formula is C30H26ClN3O3S2. The van der Waals surface area contributed by atoms with Crippen molar-refractivity contribution in [2.24, 2.45) is 0 Å². The van der Waals surface area contributed by atoms with E-state index < -0.39 is 22.5 Å². The van der Waals surface area contributed by atoms with Crippen LogP contribution in [0.5, 0.6) is 0 Å². The zero-order valence-electron chi connectivity index (χ0n) is 21.6. The number of nitrogens with one attached hydrogen (secondary N) is 1. The summed E-state index contributed by atoms with van der Waals surface area (Å²) in [6, 6.07) is 25.1. The van der Waals surface area contributed by atoms with Gasteiger partial charge in [0.2, 0.25) is 5.91 Å². The van der Waals surface area contributed by atoms with Crippen molar-refractivity contribution >= 4 is 60.5 Å². The van der Waals surface area contributed by atoms with Gasteiger partial charge < -0.3 is 5.32 Å². The Morgan fingerprint density at radius 3 is 2.33 bits per heavy atom. The molecule has 0 atom stereocenters. The van der Waals surface area contributed by atoms with E-state index in [2.05, 4.69) is 18.3 Å². The van der Waals surface area contributed by atoms with Gasteiger partial charge in [-0.3, -0.25) is 9.10 Å². The molecule has 0 fully saturated rings. The first-order valence-corrected chi connectivity index (χ1v) is 14.9. The lowest BCUT2D eigenvalue weighted by atomic mass is 10.2. The van der Waals surface area contributed by atoms with Crippen molar-refractivity contribution in [3.8, 4) is 10.6 Å². The monoisotopic (exact) mass is 575 g/mol. The highest BCUT2D eigenvalue weighted by molar-refractivity contribution is 7.92. The van der Waals surface area contributed by atoms with Crippen LogP contribution in [0.3, 0.4) is 0 Å². The van der Waals surface area contributed by atoms with Crippen LogP contribution in [0.4, 0.5) is 11.4 Å². The zero-order valence-corrected chi connectivity index (χ0v) is 24.0. The fourth-order valence-corrected chi connectivity index (χ4v) is 6.90. The maximum absolute atomic E-state index is 13.7. The minimum absolute atomic E-state index is 0.0932. The number of carbonyl (C=O) groups excluding carboxylic acids is 1. The molecule has 0 aliphatic heterocycles. The first-order chi connectivity index (χ1) is 18.6. The molecule has 6 nitrogen and oxygen atoms in total. The summed E-state index contributed by atoms with van der Waals surface area (Å²) < 4.78 is 29.6. The molecule has 0 radical (unpaired) electrons. The molecule has 39 heavy (non-hydrogen) atoms. The molecule has 1 N–H and O–H groups in total. The second-order valence-corrected chi connectivity index (χ2v) is 12.6. The highest BCUT2D eigenvalue weighted by Gasteiger charge is 2.29. The van der Waals surface area contributed by atoms with Gasteiger partial charge >= 0.3 is 0 Å². The zero-order chi connectivity index (χ0) is 27.7. The van der Waals surface area contributed by atoms with Gasteiger partial charge in [0.15, 0.2) is 0 Å². The van der Waals surface area contributed by atoms with Gasteiger partial charge in [0.05, 0.1) is 20.8 Å². The summed E-state index contributed by atoms with van der Waals surface area (Å²) in [5.41, 5.74) is 5.46. The molecule has 198 valence electrons. The third-order valence-electron chi connectivity index (χ3n) is 6.36. The minimum Gasteiger partial charge on any atom is -0.325 e. The number of hydrogen-bond acceptors (Lipinski definition) is 5. The first kappa shape index (κ1) is 26.9. The predicted octanol–water partition coefficient (Wildman–Crippen LogP) is 7.38. The van der Waals surface area contributed by atoms with Gasteiger partial charge in [-0.25, -0.2) is 13.4 Å². The summed E-state index contributed by atoms with van der Waals surface area (Å²) in [5.74, 6) is -0.478. The maximum atomic E-state index is 13.7. The van der Waals surface area contributed by atoms with Crippen LogP contribution in [-0.4, -0.2) is 25.9 Å². The van der Waals surface area contributed by atoms with Gasteiger partial charge in [-0.1, -0.05) is 41.4 Å². The largest absolute Gasteiger partial charge is 0.325 e. The van der Waals surface area contributed by atoms with Crippen LogP contribution in [0.15, 0.2) is 89.8 Å². The number of amides is 1. The van der Waals surface area contributed by atoms with Crippen molar-refractivity contribution in [1.82, 2.24) is 4.98 Å². The minimum atomic E-state index is -4.05. The van der Waals surface area contributed by atoms with Crippen LogP contribution in [0.2, 0.25) is 5.02 Å². The Kier molecular flexibility index (Phi) is 7.44. The second-order valence-electron chi connectivity index (χ2n) is 9.32. The van der Waals surface area contributed by atoms with E-state index in [1.54, 1.807) is 60.7 Å². The van der Waals surface area contributed by atoms with E-state index in [0.29, 0.717) is 22.0 Å². The predicted molar refractivity (Wildman–Crippen MR) is 160 cm³/mol. The number of aryl methyl sites for hydroxylation is 2. The molecule has 1 heterocycles. The highest BCUT2D eigenvalue weighted by Crippen LogP contribution is 2.33. The van der Waals surface area contributed by atoms with Crippen molar-refractivity contribution in [3.63, 3.8) is 0 Å². The molecule has 1 amide bonds. The Hall–Kier alpha value is -3.72. The molecule has 0 unspecified atom stereocenters. The number of carbonyl (C=O) groups is 1. The lowest BCUT2D eigenvalue weighted by molar-refractivity contribution is -0.114. The lowest BCUT2D eigenvalue weighted by Crippen LogP contribution is -2.38. The quantitative estimate of drug-likeness (QED) is 0.220. The van der Waals surface area contributed by atoms with Gasteiger partial charge in [-0.05, 0) is 92.6 Å². The average molecular weight is 576 g/mol. The first-order valence-electron chi connectivity index (χ1n) is 12.2. The fourth-order valence-electron chi connectivity index (χ4n) is 4.19. The molecule has 0 saturated heterocycles. The third-order valence-corrected chi connectivity index (χ3v) is 9.61. The van der Waals surface area contributed by atoms with Gasteiger partial charge in [0, 0.05) is 16.3 Å². The Balaban J connectivity index is 1.39. The van der Waals surface area contributed by atoms with E-state index in [1.807, 2.05) is 31.2 Å². The number of aromatic nitrogens is 1. The fraction of sp³-hybridized carbons (Fsp3) is 0.133. The molecule has 9 heteroatoms. The molecule has 0 saturated carbocycles. The number of nitrogens with zero attached hydrogens (tertiary/aromatic N) is 2. The summed E-state index contributed by atoms with van der Waals surface area (Å²) in [7, 11) is -4.05. The van der Waals surface area contributed by atoms with Crippen molar-refractivity contribution < 1.29 is 13.2 Å². The maximum Gasteiger partial charge on any atom is 0.264 e. The van der Waals surface area contributed by atoms with E-state index in [-0.39, 0.29) is 4.90 Å². The number of fused-ring (bicyclic) bond motifs is 1. The van der Waals surface area contributed by atoms with Gasteiger partial charge in [-0.15, -0.1) is 11.3 Å². The lowest BCUT2D eigenvalue weighted by Gasteiger charge is -2.26. The molecule has 0 aliphatic rings. The molecule has 0 bridgehead atoms. The van der Waals surface area contributed by atoms with Crippen LogP contribution in [-0.2, 0) is 14.8 Å². The molecule has 0 spiro atoms. The van der Waals surface area contributed by atoms with Crippen LogP contribution < -0.4 is 9.62 Å². The van der Waals surface area contributed by atoms with Crippen LogP contribution >= 0.6 is 22.9 Å². The highest BCUT2D eigenvalue weighted by atomic mass is 35.5. The van der Waals surface area contributed by atoms with Gasteiger partial charge in [0.25, 0.3) is 10.0 Å². The molecule has 4 aromatic carbocycles. The Morgan fingerprint density at radius 2 is 1.62 bits per heavy atom. The molecule has 1 aromatic heterocycles. The Morgan fingerprint density at radius 1 is 0.923 bits per heavy atom. The molecule has 0 aliphatic carbocycles. The number of hydrogen-bond donors (Lipinski definition) is 1. The number of anilines is 2. The van der Waals surface area contributed by atoms with Crippen LogP contribution in [0, 0.1) is 20.8 Å². The molecule has 5 rings (SSSR count). The summed E-state index contributed by atoms with van der Waals surface area (Å²) in [6.45, 7) is 5.24. The normalized spacial score (nSPS) is 11.5. The third kappa shape index (κ3) is 5.68. The number of benzene rings is 4. The number of halogens is 1. The van der Waals surface area contributed by atoms with Crippen molar-refractivity contribution in [2.75, 3.05) is 16.2 Å².